The predicted molar refractivity (Wildman–Crippen MR) is 120 cm³/mol. The quantitative estimate of drug-likeness (QED) is 0.159. The minimum atomic E-state index is -1.86. The third-order valence-corrected chi connectivity index (χ3v) is 5.65. The molecule has 0 bridgehead atoms. The van der Waals surface area contributed by atoms with Gasteiger partial charge in [-0.15, -0.1) is 0 Å². The van der Waals surface area contributed by atoms with Crippen molar-refractivity contribution in [3.05, 3.63) is 34.5 Å². The second kappa shape index (κ2) is 9.67. The lowest BCUT2D eigenvalue weighted by molar-refractivity contribution is -0.278. The molecule has 0 aliphatic carbocycles. The summed E-state index contributed by atoms with van der Waals surface area (Å²) in [7, 11) is 0. The molecule has 0 radical (unpaired) electrons. The molecule has 4 rings (SSSR count). The van der Waals surface area contributed by atoms with Gasteiger partial charge >= 0.3 is 5.97 Å². The number of esters is 1. The van der Waals surface area contributed by atoms with E-state index in [1.54, 1.807) is 0 Å². The molecule has 37 heavy (non-hydrogen) atoms. The lowest BCUT2D eigenvalue weighted by Gasteiger charge is -2.39. The fourth-order valence-electron chi connectivity index (χ4n) is 3.72. The summed E-state index contributed by atoms with van der Waals surface area (Å²) in [6.07, 6.45) is -8.41. The zero-order chi connectivity index (χ0) is 27.2. The Kier molecular flexibility index (Phi) is 6.75. The van der Waals surface area contributed by atoms with E-state index in [1.807, 2.05) is 0 Å². The molecule has 1 aliphatic heterocycles. The monoisotopic (exact) mass is 522 g/mol. The molecule has 1 saturated heterocycles. The fourth-order valence-corrected chi connectivity index (χ4v) is 3.72. The Labute approximate surface area is 206 Å². The van der Waals surface area contributed by atoms with Crippen LogP contribution in [0.25, 0.3) is 22.3 Å². The van der Waals surface area contributed by atoms with Crippen LogP contribution >= 0.6 is 0 Å². The van der Waals surface area contributed by atoms with Crippen molar-refractivity contribution < 1.29 is 64.3 Å². The first kappa shape index (κ1) is 25.8. The number of fused-ring (bicyclic) bond motifs is 1. The highest BCUT2D eigenvalue weighted by Crippen LogP contribution is 2.44. The molecule has 14 heteroatoms. The van der Waals surface area contributed by atoms with Crippen LogP contribution in [0.1, 0.15) is 6.92 Å². The minimum absolute atomic E-state index is 0.0294. The molecule has 1 aliphatic rings. The third kappa shape index (κ3) is 4.77. The molecule has 2 heterocycles. The van der Waals surface area contributed by atoms with Crippen molar-refractivity contribution in [3.8, 4) is 45.8 Å². The first-order chi connectivity index (χ1) is 17.4. The molecule has 14 nitrogen and oxygen atoms in total. The van der Waals surface area contributed by atoms with Gasteiger partial charge in [0.1, 0.15) is 47.8 Å². The van der Waals surface area contributed by atoms with Crippen LogP contribution < -0.4 is 10.2 Å². The van der Waals surface area contributed by atoms with Crippen molar-refractivity contribution in [1.82, 2.24) is 0 Å². The Hall–Kier alpha value is -4.24. The van der Waals surface area contributed by atoms with E-state index in [0.717, 1.165) is 31.2 Å². The van der Waals surface area contributed by atoms with Crippen LogP contribution in [0.15, 0.2) is 33.5 Å². The van der Waals surface area contributed by atoms with Gasteiger partial charge in [-0.3, -0.25) is 9.59 Å². The summed E-state index contributed by atoms with van der Waals surface area (Å²) in [5.41, 5.74) is -1.21. The number of hydrogen-bond acceptors (Lipinski definition) is 14. The second-order valence-corrected chi connectivity index (χ2v) is 8.22. The Balaban J connectivity index is 1.73. The van der Waals surface area contributed by atoms with Crippen LogP contribution in [0.4, 0.5) is 0 Å². The van der Waals surface area contributed by atoms with Gasteiger partial charge in [-0.05, 0) is 12.1 Å². The Morgan fingerprint density at radius 1 is 0.892 bits per heavy atom. The maximum absolute atomic E-state index is 12.7. The zero-order valence-electron chi connectivity index (χ0n) is 18.9. The molecular formula is C23H22O14. The van der Waals surface area contributed by atoms with Gasteiger partial charge in [0.05, 0.1) is 0 Å². The van der Waals surface area contributed by atoms with Crippen LogP contribution in [0.5, 0.6) is 34.5 Å². The van der Waals surface area contributed by atoms with Crippen LogP contribution in [0.3, 0.4) is 0 Å². The van der Waals surface area contributed by atoms with Gasteiger partial charge in [-0.2, -0.15) is 0 Å². The molecule has 2 aromatic carbocycles. The summed E-state index contributed by atoms with van der Waals surface area (Å²) in [5.74, 6) is -5.59. The molecule has 198 valence electrons. The van der Waals surface area contributed by atoms with Gasteiger partial charge in [-0.1, -0.05) is 0 Å². The second-order valence-electron chi connectivity index (χ2n) is 8.22. The number of carbonyl (C=O) groups is 1. The lowest BCUT2D eigenvalue weighted by atomic mass is 9.99. The molecule has 0 saturated carbocycles. The smallest absolute Gasteiger partial charge is 0.302 e. The van der Waals surface area contributed by atoms with Crippen LogP contribution in [-0.2, 0) is 14.3 Å². The number of hydrogen-bond donors (Lipinski definition) is 8. The van der Waals surface area contributed by atoms with Crippen LogP contribution in [0, 0.1) is 0 Å². The van der Waals surface area contributed by atoms with E-state index in [1.165, 1.54) is 0 Å². The fraction of sp³-hybridized carbons (Fsp3) is 0.304. The van der Waals surface area contributed by atoms with Gasteiger partial charge in [0, 0.05) is 24.6 Å². The minimum Gasteiger partial charge on any atom is -0.504 e. The van der Waals surface area contributed by atoms with Crippen molar-refractivity contribution in [2.45, 2.75) is 37.6 Å². The van der Waals surface area contributed by atoms with Crippen molar-refractivity contribution in [2.75, 3.05) is 6.61 Å². The standard InChI is InChI=1S/C23H22O14/c1-7(24)34-6-15-19(30)21(32)22(33)23(37-15)36-14-5-13-16(20(31)18(14)29)9(25)4-12(35-13)8-2-10(26)17(28)11(27)3-8/h2-5,15,19,21-23,26-33H,6H2,1H3/t15-,19-,21+,22-,23-/m1/s1. The maximum atomic E-state index is 12.7. The largest absolute Gasteiger partial charge is 0.504 e. The Morgan fingerprint density at radius 2 is 1.54 bits per heavy atom. The number of rotatable bonds is 5. The van der Waals surface area contributed by atoms with Crippen molar-refractivity contribution >= 4 is 16.9 Å². The highest BCUT2D eigenvalue weighted by molar-refractivity contribution is 5.89. The lowest BCUT2D eigenvalue weighted by Crippen LogP contribution is -2.60. The summed E-state index contributed by atoms with van der Waals surface area (Å²) in [4.78, 5) is 23.8. The molecule has 5 atom stereocenters. The highest BCUT2D eigenvalue weighted by atomic mass is 16.7. The van der Waals surface area contributed by atoms with E-state index in [0.29, 0.717) is 0 Å². The average Bonchev–Trinajstić information content (AvgIpc) is 2.84. The van der Waals surface area contributed by atoms with E-state index in [9.17, 15) is 50.4 Å². The van der Waals surface area contributed by atoms with Crippen LogP contribution in [-0.4, -0.2) is 84.1 Å². The number of phenolic OH excluding ortho intramolecular Hbond substituents is 5. The Bertz CT molecular complexity index is 1390. The first-order valence-electron chi connectivity index (χ1n) is 10.7. The zero-order valence-corrected chi connectivity index (χ0v) is 18.9. The summed E-state index contributed by atoms with van der Waals surface area (Å²) in [6, 6.07) is 3.86. The molecule has 0 unspecified atom stereocenters. The average molecular weight is 522 g/mol. The van der Waals surface area contributed by atoms with Crippen LogP contribution in [0.2, 0.25) is 0 Å². The van der Waals surface area contributed by atoms with Gasteiger partial charge in [0.2, 0.25) is 12.0 Å². The Morgan fingerprint density at radius 3 is 2.16 bits per heavy atom. The molecule has 8 N–H and O–H groups in total. The van der Waals surface area contributed by atoms with Gasteiger partial charge < -0.3 is 59.5 Å². The van der Waals surface area contributed by atoms with E-state index in [-0.39, 0.29) is 16.9 Å². The highest BCUT2D eigenvalue weighted by Gasteiger charge is 2.45. The van der Waals surface area contributed by atoms with E-state index in [4.69, 9.17) is 18.6 Å². The third-order valence-electron chi connectivity index (χ3n) is 5.65. The molecule has 3 aromatic rings. The predicted octanol–water partition coefficient (Wildman–Crippen LogP) is -0.263. The number of aliphatic hydroxyl groups excluding tert-OH is 3. The maximum Gasteiger partial charge on any atom is 0.302 e. The molecule has 0 amide bonds. The molecular weight excluding hydrogens is 500 g/mol. The normalized spacial score (nSPS) is 23.6. The number of ether oxygens (including phenoxy) is 3. The summed E-state index contributed by atoms with van der Waals surface area (Å²) < 4.78 is 21.1. The summed E-state index contributed by atoms with van der Waals surface area (Å²) in [6.45, 7) is 0.604. The topological polar surface area (TPSA) is 237 Å². The van der Waals surface area contributed by atoms with Gasteiger partial charge in [0.15, 0.2) is 34.2 Å². The molecule has 1 fully saturated rings. The van der Waals surface area contributed by atoms with E-state index in [2.05, 4.69) is 0 Å². The SMILES string of the molecule is CC(=O)OC[C@H]1O[C@@H](Oc2cc3oc(-c4cc(O)c(O)c(O)c4)cc(=O)c3c(O)c2O)[C@H](O)[C@@H](O)[C@@H]1O. The van der Waals surface area contributed by atoms with Crippen molar-refractivity contribution in [3.63, 3.8) is 0 Å². The molecule has 1 aromatic heterocycles. The summed E-state index contributed by atoms with van der Waals surface area (Å²) >= 11 is 0. The molecule has 0 spiro atoms. The van der Waals surface area contributed by atoms with Gasteiger partial charge in [0.25, 0.3) is 0 Å². The van der Waals surface area contributed by atoms with Crippen molar-refractivity contribution in [2.24, 2.45) is 0 Å². The van der Waals surface area contributed by atoms with E-state index >= 15 is 0 Å². The first-order valence-corrected chi connectivity index (χ1v) is 10.7. The number of aromatic hydroxyl groups is 5. The number of benzene rings is 2. The van der Waals surface area contributed by atoms with E-state index < -0.39 is 88.6 Å². The number of carbonyl (C=O) groups excluding carboxylic acids is 1. The van der Waals surface area contributed by atoms with Gasteiger partial charge in [-0.25, -0.2) is 0 Å². The number of phenols is 5. The van der Waals surface area contributed by atoms with Crippen molar-refractivity contribution in [1.29, 1.82) is 0 Å². The number of aliphatic hydroxyl groups is 3. The summed E-state index contributed by atoms with van der Waals surface area (Å²) in [5, 5.41) is 80.0.